The van der Waals surface area contributed by atoms with Crippen molar-refractivity contribution in [3.05, 3.63) is 66.4 Å². The topological polar surface area (TPSA) is 74.1 Å². The third kappa shape index (κ3) is 7.20. The molecule has 2 aliphatic rings. The van der Waals surface area contributed by atoms with Crippen molar-refractivity contribution in [3.63, 3.8) is 0 Å². The third-order valence-electron chi connectivity index (χ3n) is 7.76. The summed E-state index contributed by atoms with van der Waals surface area (Å²) in [5.74, 6) is 1.31. The van der Waals surface area contributed by atoms with Crippen molar-refractivity contribution in [2.45, 2.75) is 57.3 Å². The maximum atomic E-state index is 12.7. The van der Waals surface area contributed by atoms with Gasteiger partial charge in [-0.15, -0.1) is 13.2 Å². The Bertz CT molecular complexity index is 1290. The number of aromatic nitrogens is 2. The Morgan fingerprint density at radius 1 is 1.03 bits per heavy atom. The van der Waals surface area contributed by atoms with Crippen LogP contribution in [0.5, 0.6) is 5.75 Å². The fourth-order valence-corrected chi connectivity index (χ4v) is 5.95. The van der Waals surface area contributed by atoms with Crippen LogP contribution in [0.15, 0.2) is 60.8 Å². The maximum absolute atomic E-state index is 12.7. The SMILES string of the molecule is N#Cc1ccc(N2CCC[C@H](C[C@@H]3CCCC[C@H]3Nc3nccc(-c4cccc(OC(F)(F)F)c4)n3)C2)cc1. The number of ether oxygens (including phenoxy) is 1. The smallest absolute Gasteiger partial charge is 0.406 e. The van der Waals surface area contributed by atoms with E-state index < -0.39 is 6.36 Å². The standard InChI is InChI=1S/C30H32F3N5O/c31-30(32,33)39-26-8-3-7-24(18-26)28-14-15-35-29(37-28)36-27-9-2-1-6-23(27)17-22-5-4-16-38(20-22)25-12-10-21(19-34)11-13-25/h3,7-8,10-15,18,22-23,27H,1-2,4-6,9,16-17,20H2,(H,35,36,37)/t22-,23+,27-/m1/s1. The Hall–Kier alpha value is -3.80. The normalized spacial score (nSPS) is 21.7. The molecule has 0 bridgehead atoms. The molecule has 0 spiro atoms. The van der Waals surface area contributed by atoms with Gasteiger partial charge in [-0.2, -0.15) is 5.26 Å². The summed E-state index contributed by atoms with van der Waals surface area (Å²) in [5, 5.41) is 12.7. The van der Waals surface area contributed by atoms with Crippen molar-refractivity contribution in [1.82, 2.24) is 9.97 Å². The molecular formula is C30H32F3N5O. The molecule has 2 aromatic carbocycles. The van der Waals surface area contributed by atoms with Gasteiger partial charge in [0.15, 0.2) is 0 Å². The summed E-state index contributed by atoms with van der Waals surface area (Å²) in [4.78, 5) is 11.5. The van der Waals surface area contributed by atoms with E-state index >= 15 is 0 Å². The Labute approximate surface area is 226 Å². The van der Waals surface area contributed by atoms with Gasteiger partial charge in [-0.05, 0) is 86.4 Å². The Kier molecular flexibility index (Phi) is 8.20. The van der Waals surface area contributed by atoms with Crippen LogP contribution in [0.3, 0.4) is 0 Å². The zero-order chi connectivity index (χ0) is 27.2. The Morgan fingerprint density at radius 2 is 1.85 bits per heavy atom. The maximum Gasteiger partial charge on any atom is 0.573 e. The van der Waals surface area contributed by atoms with E-state index in [1.54, 1.807) is 18.3 Å². The molecule has 1 saturated heterocycles. The summed E-state index contributed by atoms with van der Waals surface area (Å²) in [6, 6.07) is 17.8. The third-order valence-corrected chi connectivity index (χ3v) is 7.76. The van der Waals surface area contributed by atoms with Crippen LogP contribution in [0.1, 0.15) is 50.5 Å². The predicted molar refractivity (Wildman–Crippen MR) is 144 cm³/mol. The minimum atomic E-state index is -4.75. The molecule has 1 N–H and O–H groups in total. The second kappa shape index (κ2) is 11.9. The van der Waals surface area contributed by atoms with Gasteiger partial charge in [0.2, 0.25) is 5.95 Å². The molecule has 1 aliphatic heterocycles. The van der Waals surface area contributed by atoms with E-state index in [2.05, 4.69) is 31.0 Å². The summed E-state index contributed by atoms with van der Waals surface area (Å²) in [6.07, 6.45) is 4.92. The number of benzene rings is 2. The molecule has 1 aliphatic carbocycles. The molecule has 1 aromatic heterocycles. The number of halogens is 3. The first-order valence-corrected chi connectivity index (χ1v) is 13.6. The lowest BCUT2D eigenvalue weighted by atomic mass is 9.77. The molecule has 3 aromatic rings. The van der Waals surface area contributed by atoms with E-state index in [-0.39, 0.29) is 11.8 Å². The predicted octanol–water partition coefficient (Wildman–Crippen LogP) is 7.19. The summed E-state index contributed by atoms with van der Waals surface area (Å²) in [5.41, 5.74) is 2.93. The molecule has 204 valence electrons. The van der Waals surface area contributed by atoms with Crippen molar-refractivity contribution < 1.29 is 17.9 Å². The van der Waals surface area contributed by atoms with Crippen LogP contribution in [0.25, 0.3) is 11.3 Å². The van der Waals surface area contributed by atoms with Crippen molar-refractivity contribution in [3.8, 4) is 23.1 Å². The van der Waals surface area contributed by atoms with E-state index in [1.807, 2.05) is 24.3 Å². The minimum absolute atomic E-state index is 0.249. The number of anilines is 2. The first kappa shape index (κ1) is 26.8. The highest BCUT2D eigenvalue weighted by atomic mass is 19.4. The highest BCUT2D eigenvalue weighted by molar-refractivity contribution is 5.62. The Balaban J connectivity index is 1.24. The number of nitriles is 1. The fourth-order valence-electron chi connectivity index (χ4n) is 5.95. The van der Waals surface area contributed by atoms with Gasteiger partial charge in [0.1, 0.15) is 5.75 Å². The molecule has 1 saturated carbocycles. The van der Waals surface area contributed by atoms with Crippen LogP contribution in [0.4, 0.5) is 24.8 Å². The molecule has 39 heavy (non-hydrogen) atoms. The second-order valence-corrected chi connectivity index (χ2v) is 10.5. The molecule has 5 rings (SSSR count). The van der Waals surface area contributed by atoms with Gasteiger partial charge in [0.05, 0.1) is 17.3 Å². The van der Waals surface area contributed by atoms with E-state index in [1.165, 1.54) is 36.7 Å². The van der Waals surface area contributed by atoms with E-state index in [9.17, 15) is 13.2 Å². The first-order valence-electron chi connectivity index (χ1n) is 13.6. The van der Waals surface area contributed by atoms with Crippen LogP contribution < -0.4 is 15.0 Å². The molecule has 9 heteroatoms. The first-order chi connectivity index (χ1) is 18.9. The lowest BCUT2D eigenvalue weighted by molar-refractivity contribution is -0.274. The highest BCUT2D eigenvalue weighted by Crippen LogP contribution is 2.35. The van der Waals surface area contributed by atoms with Crippen molar-refractivity contribution in [2.24, 2.45) is 11.8 Å². The number of nitrogens with zero attached hydrogens (tertiary/aromatic N) is 4. The number of hydrogen-bond acceptors (Lipinski definition) is 6. The molecular weight excluding hydrogens is 503 g/mol. The van der Waals surface area contributed by atoms with E-state index in [0.29, 0.717) is 34.6 Å². The molecule has 2 heterocycles. The van der Waals surface area contributed by atoms with Gasteiger partial charge in [-0.25, -0.2) is 9.97 Å². The van der Waals surface area contributed by atoms with Crippen LogP contribution in [-0.2, 0) is 0 Å². The van der Waals surface area contributed by atoms with Gasteiger partial charge >= 0.3 is 6.36 Å². The van der Waals surface area contributed by atoms with Gasteiger partial charge < -0.3 is 15.0 Å². The summed E-state index contributed by atoms with van der Waals surface area (Å²) < 4.78 is 42.1. The molecule has 0 unspecified atom stereocenters. The van der Waals surface area contributed by atoms with Gasteiger partial charge in [-0.3, -0.25) is 0 Å². The molecule has 2 fully saturated rings. The van der Waals surface area contributed by atoms with Crippen molar-refractivity contribution in [1.29, 1.82) is 5.26 Å². The van der Waals surface area contributed by atoms with Crippen LogP contribution in [-0.4, -0.2) is 35.5 Å². The lowest BCUT2D eigenvalue weighted by Crippen LogP contribution is -2.39. The zero-order valence-electron chi connectivity index (χ0n) is 21.7. The van der Waals surface area contributed by atoms with E-state index in [0.717, 1.165) is 45.2 Å². The van der Waals surface area contributed by atoms with Crippen LogP contribution in [0, 0.1) is 23.2 Å². The van der Waals surface area contributed by atoms with E-state index in [4.69, 9.17) is 5.26 Å². The summed E-state index contributed by atoms with van der Waals surface area (Å²) in [6.45, 7) is 2.04. The monoisotopic (exact) mass is 535 g/mol. The largest absolute Gasteiger partial charge is 0.573 e. The molecule has 0 amide bonds. The second-order valence-electron chi connectivity index (χ2n) is 10.5. The van der Waals surface area contributed by atoms with Crippen LogP contribution in [0.2, 0.25) is 0 Å². The highest BCUT2D eigenvalue weighted by Gasteiger charge is 2.32. The number of piperidine rings is 1. The number of hydrogen-bond donors (Lipinski definition) is 1. The number of nitrogens with one attached hydrogen (secondary N) is 1. The number of alkyl halides is 3. The Morgan fingerprint density at radius 3 is 2.64 bits per heavy atom. The minimum Gasteiger partial charge on any atom is -0.406 e. The quantitative estimate of drug-likeness (QED) is 0.345. The van der Waals surface area contributed by atoms with Crippen LogP contribution >= 0.6 is 0 Å². The zero-order valence-corrected chi connectivity index (χ0v) is 21.7. The van der Waals surface area contributed by atoms with Gasteiger partial charge in [0.25, 0.3) is 0 Å². The average molecular weight is 536 g/mol. The fraction of sp³-hybridized carbons (Fsp3) is 0.433. The van der Waals surface area contributed by atoms with Crippen molar-refractivity contribution in [2.75, 3.05) is 23.3 Å². The lowest BCUT2D eigenvalue weighted by Gasteiger charge is -2.39. The van der Waals surface area contributed by atoms with Gasteiger partial charge in [-0.1, -0.05) is 25.0 Å². The van der Waals surface area contributed by atoms with Gasteiger partial charge in [0, 0.05) is 36.6 Å². The molecule has 0 radical (unpaired) electrons. The molecule has 3 atom stereocenters. The molecule has 6 nitrogen and oxygen atoms in total. The summed E-state index contributed by atoms with van der Waals surface area (Å²) in [7, 11) is 0. The van der Waals surface area contributed by atoms with Crippen molar-refractivity contribution >= 4 is 11.6 Å². The average Bonchev–Trinajstić information content (AvgIpc) is 2.94. The number of rotatable bonds is 7. The summed E-state index contributed by atoms with van der Waals surface area (Å²) >= 11 is 0.